The number of aromatic amines is 1. The van der Waals surface area contributed by atoms with Crippen molar-refractivity contribution < 1.29 is 9.53 Å². The molecular weight excluding hydrogens is 450 g/mol. The minimum atomic E-state index is -0.109. The van der Waals surface area contributed by atoms with E-state index in [4.69, 9.17) is 9.84 Å². The summed E-state index contributed by atoms with van der Waals surface area (Å²) in [6.45, 7) is 7.36. The first-order valence-corrected chi connectivity index (χ1v) is 12.9. The SMILES string of the molecule is CCn1nc(C(=O)NCc2ccc(OC)cc2)c2c1CCN(C(C)CCc1c[nH]c3ccccc13)C2. The first-order valence-electron chi connectivity index (χ1n) is 12.9. The van der Waals surface area contributed by atoms with Gasteiger partial charge in [0.1, 0.15) is 5.75 Å². The van der Waals surface area contributed by atoms with Crippen molar-refractivity contribution in [3.63, 3.8) is 0 Å². The third kappa shape index (κ3) is 4.88. The van der Waals surface area contributed by atoms with Crippen molar-refractivity contribution in [3.8, 4) is 5.75 Å². The molecule has 2 aromatic carbocycles. The molecule has 1 atom stereocenters. The number of hydrogen-bond donors (Lipinski definition) is 2. The molecule has 0 spiro atoms. The van der Waals surface area contributed by atoms with E-state index in [-0.39, 0.29) is 5.91 Å². The predicted molar refractivity (Wildman–Crippen MR) is 142 cm³/mol. The van der Waals surface area contributed by atoms with Crippen LogP contribution in [0, 0.1) is 0 Å². The summed E-state index contributed by atoms with van der Waals surface area (Å²) < 4.78 is 7.23. The Hall–Kier alpha value is -3.58. The van der Waals surface area contributed by atoms with E-state index in [9.17, 15) is 4.79 Å². The molecule has 7 heteroatoms. The number of ether oxygens (including phenoxy) is 1. The largest absolute Gasteiger partial charge is 0.497 e. The number of nitrogens with one attached hydrogen (secondary N) is 2. The highest BCUT2D eigenvalue weighted by Gasteiger charge is 2.29. The number of aryl methyl sites for hydroxylation is 2. The van der Waals surface area contributed by atoms with Crippen LogP contribution in [-0.4, -0.2) is 45.3 Å². The lowest BCUT2D eigenvalue weighted by atomic mass is 9.99. The van der Waals surface area contributed by atoms with Crippen LogP contribution in [0.1, 0.15) is 53.1 Å². The van der Waals surface area contributed by atoms with E-state index >= 15 is 0 Å². The summed E-state index contributed by atoms with van der Waals surface area (Å²) in [4.78, 5) is 19.1. The third-order valence-electron chi connectivity index (χ3n) is 7.42. The quantitative estimate of drug-likeness (QED) is 0.360. The Morgan fingerprint density at radius 1 is 1.19 bits per heavy atom. The van der Waals surface area contributed by atoms with Gasteiger partial charge < -0.3 is 15.0 Å². The molecule has 2 aromatic heterocycles. The number of methoxy groups -OCH3 is 1. The lowest BCUT2D eigenvalue weighted by Crippen LogP contribution is -2.39. The van der Waals surface area contributed by atoms with E-state index < -0.39 is 0 Å². The zero-order chi connectivity index (χ0) is 25.1. The van der Waals surface area contributed by atoms with Crippen molar-refractivity contribution in [1.29, 1.82) is 0 Å². The van der Waals surface area contributed by atoms with Crippen molar-refractivity contribution >= 4 is 16.8 Å². The molecule has 4 aromatic rings. The molecule has 1 unspecified atom stereocenters. The molecule has 3 heterocycles. The monoisotopic (exact) mass is 485 g/mol. The average Bonchev–Trinajstić information content (AvgIpc) is 3.51. The minimum Gasteiger partial charge on any atom is -0.497 e. The van der Waals surface area contributed by atoms with Crippen LogP contribution in [0.25, 0.3) is 10.9 Å². The number of fused-ring (bicyclic) bond motifs is 2. The Morgan fingerprint density at radius 3 is 2.78 bits per heavy atom. The van der Waals surface area contributed by atoms with Gasteiger partial charge in [-0.25, -0.2) is 0 Å². The van der Waals surface area contributed by atoms with Crippen LogP contribution in [-0.2, 0) is 32.5 Å². The molecule has 0 aliphatic carbocycles. The molecule has 1 amide bonds. The fraction of sp³-hybridized carbons (Fsp3) is 0.379. The standard InChI is InChI=1S/C29H35N5O2/c1-4-34-27-15-16-33(20(2)9-12-22-18-30-26-8-6-5-7-24(22)26)19-25(27)28(32-34)29(35)31-17-21-10-13-23(36-3)14-11-21/h5-8,10-11,13-14,18,20,30H,4,9,12,15-17,19H2,1-3H3,(H,31,35). The summed E-state index contributed by atoms with van der Waals surface area (Å²) >= 11 is 0. The van der Waals surface area contributed by atoms with Crippen molar-refractivity contribution in [2.24, 2.45) is 0 Å². The fourth-order valence-corrected chi connectivity index (χ4v) is 5.23. The molecular formula is C29H35N5O2. The Balaban J connectivity index is 1.25. The van der Waals surface area contributed by atoms with Crippen molar-refractivity contribution in [1.82, 2.24) is 25.0 Å². The maximum Gasteiger partial charge on any atom is 0.272 e. The Kier molecular flexibility index (Phi) is 7.09. The lowest BCUT2D eigenvalue weighted by Gasteiger charge is -2.33. The van der Waals surface area contributed by atoms with Crippen molar-refractivity contribution in [2.45, 2.75) is 58.8 Å². The highest BCUT2D eigenvalue weighted by atomic mass is 16.5. The molecule has 1 aliphatic rings. The summed E-state index contributed by atoms with van der Waals surface area (Å²) in [6, 6.07) is 16.6. The maximum atomic E-state index is 13.2. The van der Waals surface area contributed by atoms with Gasteiger partial charge in [-0.2, -0.15) is 5.10 Å². The van der Waals surface area contributed by atoms with Crippen LogP contribution < -0.4 is 10.1 Å². The summed E-state index contributed by atoms with van der Waals surface area (Å²) in [5.74, 6) is 0.697. The van der Waals surface area contributed by atoms with Gasteiger partial charge in [-0.15, -0.1) is 0 Å². The van der Waals surface area contributed by atoms with E-state index in [0.717, 1.165) is 55.8 Å². The normalized spacial score (nSPS) is 14.5. The van der Waals surface area contributed by atoms with Crippen molar-refractivity contribution in [3.05, 3.63) is 82.8 Å². The van der Waals surface area contributed by atoms with Crippen molar-refractivity contribution in [2.75, 3.05) is 13.7 Å². The molecule has 5 rings (SSSR count). The molecule has 1 aliphatic heterocycles. The number of carbonyl (C=O) groups is 1. The van der Waals surface area contributed by atoms with E-state index in [1.165, 1.54) is 22.2 Å². The zero-order valence-corrected chi connectivity index (χ0v) is 21.4. The number of benzene rings is 2. The second-order valence-corrected chi connectivity index (χ2v) is 9.59. The van der Waals surface area contributed by atoms with Crippen LogP contribution in [0.5, 0.6) is 5.75 Å². The van der Waals surface area contributed by atoms with E-state index in [1.807, 2.05) is 28.9 Å². The second kappa shape index (κ2) is 10.6. The van der Waals surface area contributed by atoms with Crippen LogP contribution in [0.3, 0.4) is 0 Å². The first-order chi connectivity index (χ1) is 17.6. The van der Waals surface area contributed by atoms with Crippen LogP contribution in [0.4, 0.5) is 0 Å². The third-order valence-corrected chi connectivity index (χ3v) is 7.42. The van der Waals surface area contributed by atoms with E-state index in [0.29, 0.717) is 18.3 Å². The summed E-state index contributed by atoms with van der Waals surface area (Å²) in [5.41, 5.74) is 6.43. The molecule has 0 fully saturated rings. The maximum absolute atomic E-state index is 13.2. The lowest BCUT2D eigenvalue weighted by molar-refractivity contribution is 0.0941. The van der Waals surface area contributed by atoms with Gasteiger partial charge in [0.05, 0.1) is 7.11 Å². The number of nitrogens with zero attached hydrogens (tertiary/aromatic N) is 3. The number of amides is 1. The van der Waals surface area contributed by atoms with Crippen LogP contribution in [0.2, 0.25) is 0 Å². The minimum absolute atomic E-state index is 0.109. The van der Waals surface area contributed by atoms with Gasteiger partial charge >= 0.3 is 0 Å². The fourth-order valence-electron chi connectivity index (χ4n) is 5.23. The molecule has 0 bridgehead atoms. The summed E-state index contributed by atoms with van der Waals surface area (Å²) in [7, 11) is 1.65. The molecule has 7 nitrogen and oxygen atoms in total. The molecule has 0 radical (unpaired) electrons. The molecule has 0 saturated carbocycles. The van der Waals surface area contributed by atoms with Gasteiger partial charge in [-0.05, 0) is 56.0 Å². The van der Waals surface area contributed by atoms with Crippen LogP contribution >= 0.6 is 0 Å². The number of rotatable bonds is 9. The van der Waals surface area contributed by atoms with E-state index in [1.54, 1.807) is 7.11 Å². The number of hydrogen-bond acceptors (Lipinski definition) is 4. The number of aromatic nitrogens is 3. The molecule has 2 N–H and O–H groups in total. The van der Waals surface area contributed by atoms with Gasteiger partial charge in [0.15, 0.2) is 5.69 Å². The van der Waals surface area contributed by atoms with Gasteiger partial charge in [0, 0.05) is 67.0 Å². The number of H-pyrrole nitrogens is 1. The highest BCUT2D eigenvalue weighted by molar-refractivity contribution is 5.94. The first kappa shape index (κ1) is 24.1. The average molecular weight is 486 g/mol. The Morgan fingerprint density at radius 2 is 2.00 bits per heavy atom. The Bertz CT molecular complexity index is 1340. The molecule has 188 valence electrons. The van der Waals surface area contributed by atoms with Crippen LogP contribution in [0.15, 0.2) is 54.7 Å². The highest BCUT2D eigenvalue weighted by Crippen LogP contribution is 2.26. The molecule has 36 heavy (non-hydrogen) atoms. The predicted octanol–water partition coefficient (Wildman–Crippen LogP) is 4.70. The van der Waals surface area contributed by atoms with Gasteiger partial charge in [0.2, 0.25) is 0 Å². The Labute approximate surface area is 212 Å². The van der Waals surface area contributed by atoms with E-state index in [2.05, 4.69) is 59.5 Å². The molecule has 0 saturated heterocycles. The second-order valence-electron chi connectivity index (χ2n) is 9.59. The van der Waals surface area contributed by atoms with Gasteiger partial charge in [-0.3, -0.25) is 14.4 Å². The topological polar surface area (TPSA) is 75.2 Å². The number of para-hydroxylation sites is 1. The van der Waals surface area contributed by atoms with Gasteiger partial charge in [0.25, 0.3) is 5.91 Å². The summed E-state index contributed by atoms with van der Waals surface area (Å²) in [5, 5.41) is 9.10. The summed E-state index contributed by atoms with van der Waals surface area (Å²) in [6.07, 6.45) is 5.15. The smallest absolute Gasteiger partial charge is 0.272 e. The number of carbonyl (C=O) groups excluding carboxylic acids is 1. The zero-order valence-electron chi connectivity index (χ0n) is 21.4. The van der Waals surface area contributed by atoms with Gasteiger partial charge in [-0.1, -0.05) is 30.3 Å².